The van der Waals surface area contributed by atoms with Crippen LogP contribution in [0.5, 0.6) is 5.75 Å². The standard InChI is InChI=1S/C14H21NO3/c1-4-11(14(16)17)10-15(3)12-6-8-13(9-7-12)18-5-2/h6-9,11H,4-5,10H2,1-3H3,(H,16,17). The summed E-state index contributed by atoms with van der Waals surface area (Å²) in [7, 11) is 1.90. The molecular weight excluding hydrogens is 230 g/mol. The normalized spacial score (nSPS) is 11.9. The number of benzene rings is 1. The van der Waals surface area contributed by atoms with Crippen molar-refractivity contribution < 1.29 is 14.6 Å². The van der Waals surface area contributed by atoms with Crippen LogP contribution >= 0.6 is 0 Å². The molecule has 1 N–H and O–H groups in total. The SMILES string of the molecule is CCOc1ccc(N(C)CC(CC)C(=O)O)cc1. The third-order valence-corrected chi connectivity index (χ3v) is 2.92. The van der Waals surface area contributed by atoms with E-state index < -0.39 is 5.97 Å². The number of hydrogen-bond acceptors (Lipinski definition) is 3. The molecule has 0 aliphatic carbocycles. The highest BCUT2D eigenvalue weighted by atomic mass is 16.5. The van der Waals surface area contributed by atoms with Gasteiger partial charge in [0.1, 0.15) is 5.75 Å². The lowest BCUT2D eigenvalue weighted by Gasteiger charge is -2.23. The van der Waals surface area contributed by atoms with Crippen LogP contribution < -0.4 is 9.64 Å². The molecule has 1 aromatic rings. The zero-order valence-electron chi connectivity index (χ0n) is 11.2. The van der Waals surface area contributed by atoms with Crippen LogP contribution in [0.1, 0.15) is 20.3 Å². The van der Waals surface area contributed by atoms with E-state index >= 15 is 0 Å². The van der Waals surface area contributed by atoms with Gasteiger partial charge in [0, 0.05) is 19.3 Å². The van der Waals surface area contributed by atoms with Gasteiger partial charge in [-0.1, -0.05) is 6.92 Å². The van der Waals surface area contributed by atoms with Crippen molar-refractivity contribution >= 4 is 11.7 Å². The zero-order chi connectivity index (χ0) is 13.5. The molecule has 0 aromatic heterocycles. The molecule has 1 rings (SSSR count). The average Bonchev–Trinajstić information content (AvgIpc) is 2.36. The molecule has 100 valence electrons. The Hall–Kier alpha value is -1.71. The molecule has 18 heavy (non-hydrogen) atoms. The van der Waals surface area contributed by atoms with E-state index in [9.17, 15) is 4.79 Å². The Morgan fingerprint density at radius 3 is 2.39 bits per heavy atom. The molecule has 0 aliphatic heterocycles. The van der Waals surface area contributed by atoms with Crippen LogP contribution in [0.3, 0.4) is 0 Å². The van der Waals surface area contributed by atoms with E-state index in [1.165, 1.54) is 0 Å². The van der Waals surface area contributed by atoms with E-state index in [4.69, 9.17) is 9.84 Å². The number of carboxylic acid groups (broad SMARTS) is 1. The van der Waals surface area contributed by atoms with Crippen LogP contribution in [0.15, 0.2) is 24.3 Å². The summed E-state index contributed by atoms with van der Waals surface area (Å²) in [5.74, 6) is -0.239. The fraction of sp³-hybridized carbons (Fsp3) is 0.500. The summed E-state index contributed by atoms with van der Waals surface area (Å²) >= 11 is 0. The summed E-state index contributed by atoms with van der Waals surface area (Å²) in [6.07, 6.45) is 0.636. The van der Waals surface area contributed by atoms with E-state index in [0.717, 1.165) is 11.4 Å². The van der Waals surface area contributed by atoms with Gasteiger partial charge in [0.25, 0.3) is 0 Å². The molecule has 0 bridgehead atoms. The second kappa shape index (κ2) is 6.89. The van der Waals surface area contributed by atoms with Crippen LogP contribution in [0, 0.1) is 5.92 Å². The van der Waals surface area contributed by atoms with Crippen LogP contribution in [-0.2, 0) is 4.79 Å². The quantitative estimate of drug-likeness (QED) is 0.809. The number of hydrogen-bond donors (Lipinski definition) is 1. The summed E-state index contributed by atoms with van der Waals surface area (Å²) in [5, 5.41) is 9.04. The molecule has 1 unspecified atom stereocenters. The van der Waals surface area contributed by atoms with Crippen molar-refractivity contribution in [3.05, 3.63) is 24.3 Å². The largest absolute Gasteiger partial charge is 0.494 e. The average molecular weight is 251 g/mol. The monoisotopic (exact) mass is 251 g/mol. The van der Waals surface area contributed by atoms with Gasteiger partial charge in [0.05, 0.1) is 12.5 Å². The summed E-state index contributed by atoms with van der Waals surface area (Å²) in [4.78, 5) is 12.9. The van der Waals surface area contributed by atoms with Crippen molar-refractivity contribution in [3.63, 3.8) is 0 Å². The minimum Gasteiger partial charge on any atom is -0.494 e. The molecule has 4 nitrogen and oxygen atoms in total. The van der Waals surface area contributed by atoms with Crippen LogP contribution in [-0.4, -0.2) is 31.3 Å². The van der Waals surface area contributed by atoms with Gasteiger partial charge in [-0.15, -0.1) is 0 Å². The second-order valence-electron chi connectivity index (χ2n) is 4.25. The summed E-state index contributed by atoms with van der Waals surface area (Å²) in [5.41, 5.74) is 0.998. The molecule has 0 amide bonds. The first-order valence-electron chi connectivity index (χ1n) is 6.25. The molecule has 0 saturated carbocycles. The van der Waals surface area contributed by atoms with E-state index in [1.807, 2.05) is 50.1 Å². The van der Waals surface area contributed by atoms with Crippen molar-refractivity contribution in [1.29, 1.82) is 0 Å². The fourth-order valence-electron chi connectivity index (χ4n) is 1.78. The van der Waals surface area contributed by atoms with E-state index in [2.05, 4.69) is 0 Å². The number of rotatable bonds is 7. The first-order valence-corrected chi connectivity index (χ1v) is 6.25. The number of anilines is 1. The summed E-state index contributed by atoms with van der Waals surface area (Å²) < 4.78 is 5.37. The van der Waals surface area contributed by atoms with Gasteiger partial charge < -0.3 is 14.7 Å². The molecule has 0 aliphatic rings. The molecule has 0 heterocycles. The molecule has 0 saturated heterocycles. The Morgan fingerprint density at radius 2 is 1.94 bits per heavy atom. The Kier molecular flexibility index (Phi) is 5.49. The number of nitrogens with zero attached hydrogens (tertiary/aromatic N) is 1. The number of ether oxygens (including phenoxy) is 1. The topological polar surface area (TPSA) is 49.8 Å². The Bertz CT molecular complexity index is 375. The first-order chi connectivity index (χ1) is 8.58. The third-order valence-electron chi connectivity index (χ3n) is 2.92. The maximum Gasteiger partial charge on any atom is 0.308 e. The highest BCUT2D eigenvalue weighted by molar-refractivity contribution is 5.71. The fourth-order valence-corrected chi connectivity index (χ4v) is 1.78. The molecule has 0 fully saturated rings. The van der Waals surface area contributed by atoms with E-state index in [0.29, 0.717) is 19.6 Å². The lowest BCUT2D eigenvalue weighted by atomic mass is 10.1. The minimum atomic E-state index is -0.740. The zero-order valence-corrected chi connectivity index (χ0v) is 11.2. The highest BCUT2D eigenvalue weighted by Gasteiger charge is 2.17. The maximum absolute atomic E-state index is 11.0. The number of carbonyl (C=O) groups is 1. The molecule has 0 radical (unpaired) electrons. The van der Waals surface area contributed by atoms with Crippen molar-refractivity contribution in [2.24, 2.45) is 5.92 Å². The van der Waals surface area contributed by atoms with Crippen molar-refractivity contribution in [1.82, 2.24) is 0 Å². The summed E-state index contributed by atoms with van der Waals surface area (Å²) in [6, 6.07) is 7.69. The lowest BCUT2D eigenvalue weighted by Crippen LogP contribution is -2.29. The Morgan fingerprint density at radius 1 is 1.33 bits per heavy atom. The number of carboxylic acids is 1. The van der Waals surface area contributed by atoms with Crippen LogP contribution in [0.4, 0.5) is 5.69 Å². The smallest absolute Gasteiger partial charge is 0.308 e. The number of aliphatic carboxylic acids is 1. The first kappa shape index (κ1) is 14.4. The van der Waals surface area contributed by atoms with Crippen LogP contribution in [0.25, 0.3) is 0 Å². The van der Waals surface area contributed by atoms with Gasteiger partial charge in [-0.3, -0.25) is 4.79 Å². The molecule has 0 spiro atoms. The predicted molar refractivity (Wildman–Crippen MR) is 72.3 cm³/mol. The minimum absolute atomic E-state index is 0.332. The van der Waals surface area contributed by atoms with Crippen molar-refractivity contribution in [2.75, 3.05) is 25.1 Å². The molecule has 4 heteroatoms. The Balaban J connectivity index is 2.65. The van der Waals surface area contributed by atoms with Gasteiger partial charge in [0.2, 0.25) is 0 Å². The predicted octanol–water partition coefficient (Wildman–Crippen LogP) is 2.63. The van der Waals surface area contributed by atoms with E-state index in [-0.39, 0.29) is 5.92 Å². The van der Waals surface area contributed by atoms with Gasteiger partial charge in [-0.25, -0.2) is 0 Å². The van der Waals surface area contributed by atoms with Gasteiger partial charge in [0.15, 0.2) is 0 Å². The van der Waals surface area contributed by atoms with Crippen molar-refractivity contribution in [2.45, 2.75) is 20.3 Å². The molecule has 1 atom stereocenters. The van der Waals surface area contributed by atoms with Crippen molar-refractivity contribution in [3.8, 4) is 5.75 Å². The maximum atomic E-state index is 11.0. The second-order valence-corrected chi connectivity index (χ2v) is 4.25. The molecule has 1 aromatic carbocycles. The lowest BCUT2D eigenvalue weighted by molar-refractivity contribution is -0.141. The van der Waals surface area contributed by atoms with Gasteiger partial charge >= 0.3 is 5.97 Å². The highest BCUT2D eigenvalue weighted by Crippen LogP contribution is 2.20. The third kappa shape index (κ3) is 3.95. The van der Waals surface area contributed by atoms with E-state index in [1.54, 1.807) is 0 Å². The summed E-state index contributed by atoms with van der Waals surface area (Å²) in [6.45, 7) is 5.00. The Labute approximate surface area is 108 Å². The van der Waals surface area contributed by atoms with Crippen LogP contribution in [0.2, 0.25) is 0 Å². The molecular formula is C14H21NO3. The van der Waals surface area contributed by atoms with Gasteiger partial charge in [-0.2, -0.15) is 0 Å². The van der Waals surface area contributed by atoms with Gasteiger partial charge in [-0.05, 0) is 37.6 Å².